The van der Waals surface area contributed by atoms with Gasteiger partial charge in [-0.3, -0.25) is 4.98 Å². The summed E-state index contributed by atoms with van der Waals surface area (Å²) < 4.78 is 0. The van der Waals surface area contributed by atoms with Crippen molar-refractivity contribution in [2.45, 2.75) is 6.04 Å². The third-order valence-electron chi connectivity index (χ3n) is 2.33. The fourth-order valence-electron chi connectivity index (χ4n) is 1.58. The van der Waals surface area contributed by atoms with Gasteiger partial charge in [-0.25, -0.2) is 0 Å². The van der Waals surface area contributed by atoms with Crippen LogP contribution in [0.3, 0.4) is 0 Å². The van der Waals surface area contributed by atoms with Crippen molar-refractivity contribution in [3.05, 3.63) is 42.1 Å². The topological polar surface area (TPSA) is 64.9 Å². The lowest BCUT2D eigenvalue weighted by atomic mass is 10.0. The number of aromatic nitrogens is 1. The van der Waals surface area contributed by atoms with Crippen molar-refractivity contribution in [1.82, 2.24) is 4.98 Å². The van der Waals surface area contributed by atoms with Gasteiger partial charge in [0.05, 0.1) is 5.52 Å². The number of fused-ring (bicyclic) bond motifs is 1. The van der Waals surface area contributed by atoms with Gasteiger partial charge in [0.2, 0.25) is 0 Å². The predicted molar refractivity (Wildman–Crippen MR) is 57.7 cm³/mol. The van der Waals surface area contributed by atoms with Gasteiger partial charge in [-0.15, -0.1) is 0 Å². The van der Waals surface area contributed by atoms with Crippen LogP contribution in [0, 0.1) is 0 Å². The molecule has 0 fully saturated rings. The Kier molecular flexibility index (Phi) is 2.43. The standard InChI is InChI=1S/C11H13N3/c12-7-10(13)8-3-1-5-11-9(8)4-2-6-14-11/h1-6,10H,7,12-13H2/t10-/m0/s1. The first kappa shape index (κ1) is 9.12. The zero-order valence-electron chi connectivity index (χ0n) is 7.85. The van der Waals surface area contributed by atoms with Crippen molar-refractivity contribution in [3.8, 4) is 0 Å². The van der Waals surface area contributed by atoms with Crippen LogP contribution in [-0.4, -0.2) is 11.5 Å². The number of rotatable bonds is 2. The highest BCUT2D eigenvalue weighted by molar-refractivity contribution is 5.82. The van der Waals surface area contributed by atoms with Crippen LogP contribution >= 0.6 is 0 Å². The Morgan fingerprint density at radius 2 is 2.07 bits per heavy atom. The van der Waals surface area contributed by atoms with Gasteiger partial charge in [0.15, 0.2) is 0 Å². The largest absolute Gasteiger partial charge is 0.329 e. The number of pyridine rings is 1. The Labute approximate surface area is 82.7 Å². The predicted octanol–water partition coefficient (Wildman–Crippen LogP) is 1.19. The quantitative estimate of drug-likeness (QED) is 0.742. The zero-order valence-corrected chi connectivity index (χ0v) is 7.85. The molecule has 1 heterocycles. The van der Waals surface area contributed by atoms with Crippen molar-refractivity contribution < 1.29 is 0 Å². The molecule has 72 valence electrons. The Morgan fingerprint density at radius 3 is 2.86 bits per heavy atom. The maximum absolute atomic E-state index is 5.91. The van der Waals surface area contributed by atoms with Crippen LogP contribution < -0.4 is 11.5 Å². The average Bonchev–Trinajstić information content (AvgIpc) is 2.27. The lowest BCUT2D eigenvalue weighted by molar-refractivity contribution is 0.743. The number of hydrogen-bond donors (Lipinski definition) is 2. The smallest absolute Gasteiger partial charge is 0.0705 e. The number of nitrogens with zero attached hydrogens (tertiary/aromatic N) is 1. The Balaban J connectivity index is 2.65. The molecule has 0 unspecified atom stereocenters. The molecule has 4 N–H and O–H groups in total. The van der Waals surface area contributed by atoms with E-state index in [1.165, 1.54) is 0 Å². The summed E-state index contributed by atoms with van der Waals surface area (Å²) in [6.45, 7) is 0.452. The minimum absolute atomic E-state index is 0.108. The molecule has 0 bridgehead atoms. The van der Waals surface area contributed by atoms with E-state index in [0.29, 0.717) is 6.54 Å². The first-order chi connectivity index (χ1) is 6.83. The van der Waals surface area contributed by atoms with E-state index in [9.17, 15) is 0 Å². The number of hydrogen-bond acceptors (Lipinski definition) is 3. The summed E-state index contributed by atoms with van der Waals surface area (Å²) in [4.78, 5) is 4.26. The van der Waals surface area contributed by atoms with E-state index in [4.69, 9.17) is 11.5 Å². The van der Waals surface area contributed by atoms with Gasteiger partial charge < -0.3 is 11.5 Å². The van der Waals surface area contributed by atoms with Crippen LogP contribution in [0.4, 0.5) is 0 Å². The maximum atomic E-state index is 5.91. The van der Waals surface area contributed by atoms with Crippen molar-refractivity contribution in [2.24, 2.45) is 11.5 Å². The van der Waals surface area contributed by atoms with Crippen molar-refractivity contribution in [2.75, 3.05) is 6.54 Å². The number of nitrogens with two attached hydrogens (primary N) is 2. The molecule has 0 spiro atoms. The highest BCUT2D eigenvalue weighted by Gasteiger charge is 2.07. The second kappa shape index (κ2) is 3.74. The summed E-state index contributed by atoms with van der Waals surface area (Å²) in [5.41, 5.74) is 13.5. The highest BCUT2D eigenvalue weighted by atomic mass is 14.7. The van der Waals surface area contributed by atoms with E-state index in [0.717, 1.165) is 16.5 Å². The maximum Gasteiger partial charge on any atom is 0.0705 e. The SMILES string of the molecule is NC[C@H](N)c1cccc2ncccc12. The van der Waals surface area contributed by atoms with Crippen molar-refractivity contribution in [1.29, 1.82) is 0 Å². The van der Waals surface area contributed by atoms with Gasteiger partial charge in [0.1, 0.15) is 0 Å². The summed E-state index contributed by atoms with van der Waals surface area (Å²) in [6.07, 6.45) is 1.78. The first-order valence-corrected chi connectivity index (χ1v) is 4.62. The molecule has 1 aromatic carbocycles. The molecule has 2 rings (SSSR count). The minimum Gasteiger partial charge on any atom is -0.329 e. The fraction of sp³-hybridized carbons (Fsp3) is 0.182. The zero-order chi connectivity index (χ0) is 9.97. The van der Waals surface area contributed by atoms with E-state index in [1.54, 1.807) is 6.20 Å². The van der Waals surface area contributed by atoms with E-state index in [-0.39, 0.29) is 6.04 Å². The molecule has 1 atom stereocenters. The van der Waals surface area contributed by atoms with Crippen LogP contribution in [0.1, 0.15) is 11.6 Å². The second-order valence-electron chi connectivity index (χ2n) is 3.26. The molecule has 2 aromatic rings. The van der Waals surface area contributed by atoms with Crippen LogP contribution in [0.5, 0.6) is 0 Å². The summed E-state index contributed by atoms with van der Waals surface area (Å²) in [6, 6.07) is 9.76. The van der Waals surface area contributed by atoms with E-state index in [1.807, 2.05) is 30.3 Å². The van der Waals surface area contributed by atoms with E-state index < -0.39 is 0 Å². The second-order valence-corrected chi connectivity index (χ2v) is 3.26. The number of benzene rings is 1. The van der Waals surface area contributed by atoms with Gasteiger partial charge >= 0.3 is 0 Å². The summed E-state index contributed by atoms with van der Waals surface area (Å²) in [5, 5.41) is 1.09. The molecule has 0 aliphatic carbocycles. The molecular weight excluding hydrogens is 174 g/mol. The van der Waals surface area contributed by atoms with E-state index in [2.05, 4.69) is 4.98 Å². The lowest BCUT2D eigenvalue weighted by Gasteiger charge is -2.11. The molecule has 3 nitrogen and oxygen atoms in total. The molecule has 1 aromatic heterocycles. The molecule has 0 amide bonds. The Morgan fingerprint density at radius 1 is 1.21 bits per heavy atom. The molecule has 0 aliphatic heterocycles. The summed E-state index contributed by atoms with van der Waals surface area (Å²) in [5.74, 6) is 0. The molecule has 0 saturated carbocycles. The van der Waals surface area contributed by atoms with Crippen molar-refractivity contribution >= 4 is 10.9 Å². The molecule has 0 aliphatic rings. The van der Waals surface area contributed by atoms with E-state index >= 15 is 0 Å². The third kappa shape index (κ3) is 1.47. The molecule has 14 heavy (non-hydrogen) atoms. The minimum atomic E-state index is -0.108. The third-order valence-corrected chi connectivity index (χ3v) is 2.33. The van der Waals surface area contributed by atoms with Gasteiger partial charge in [-0.05, 0) is 17.7 Å². The van der Waals surface area contributed by atoms with Gasteiger partial charge in [-0.1, -0.05) is 18.2 Å². The lowest BCUT2D eigenvalue weighted by Crippen LogP contribution is -2.20. The normalized spacial score (nSPS) is 13.0. The average molecular weight is 187 g/mol. The fourth-order valence-corrected chi connectivity index (χ4v) is 1.58. The monoisotopic (exact) mass is 187 g/mol. The molecule has 0 saturated heterocycles. The van der Waals surface area contributed by atoms with Crippen LogP contribution in [0.15, 0.2) is 36.5 Å². The summed E-state index contributed by atoms with van der Waals surface area (Å²) in [7, 11) is 0. The molecular formula is C11H13N3. The van der Waals surface area contributed by atoms with Crippen LogP contribution in [0.2, 0.25) is 0 Å². The molecule has 0 radical (unpaired) electrons. The van der Waals surface area contributed by atoms with Crippen molar-refractivity contribution in [3.63, 3.8) is 0 Å². The van der Waals surface area contributed by atoms with Gasteiger partial charge in [0, 0.05) is 24.2 Å². The van der Waals surface area contributed by atoms with Crippen LogP contribution in [-0.2, 0) is 0 Å². The summed E-state index contributed by atoms with van der Waals surface area (Å²) >= 11 is 0. The molecule has 3 heteroatoms. The Bertz CT molecular complexity index is 434. The Hall–Kier alpha value is -1.45. The van der Waals surface area contributed by atoms with Gasteiger partial charge in [-0.2, -0.15) is 0 Å². The van der Waals surface area contributed by atoms with Gasteiger partial charge in [0.25, 0.3) is 0 Å². The highest BCUT2D eigenvalue weighted by Crippen LogP contribution is 2.20. The van der Waals surface area contributed by atoms with Crippen LogP contribution in [0.25, 0.3) is 10.9 Å². The first-order valence-electron chi connectivity index (χ1n) is 4.62.